The summed E-state index contributed by atoms with van der Waals surface area (Å²) in [6.45, 7) is 4.82. The van der Waals surface area contributed by atoms with Crippen molar-refractivity contribution in [1.82, 2.24) is 0 Å². The SMILES string of the molecule is CC(C)Oc1ccc(NC/C=C/CCl)cc1. The summed E-state index contributed by atoms with van der Waals surface area (Å²) in [5.74, 6) is 1.46. The van der Waals surface area contributed by atoms with Crippen LogP contribution in [0.5, 0.6) is 5.75 Å². The fraction of sp³-hybridized carbons (Fsp3) is 0.385. The maximum Gasteiger partial charge on any atom is 0.119 e. The number of benzene rings is 1. The van der Waals surface area contributed by atoms with Crippen LogP contribution in [0.15, 0.2) is 36.4 Å². The minimum Gasteiger partial charge on any atom is -0.491 e. The molecule has 0 saturated heterocycles. The summed E-state index contributed by atoms with van der Waals surface area (Å²) in [5.41, 5.74) is 1.08. The molecule has 0 aromatic heterocycles. The molecule has 0 atom stereocenters. The minimum atomic E-state index is 0.213. The number of alkyl halides is 1. The van der Waals surface area contributed by atoms with E-state index < -0.39 is 0 Å². The van der Waals surface area contributed by atoms with Crippen molar-refractivity contribution in [2.24, 2.45) is 0 Å². The Labute approximate surface area is 102 Å². The number of rotatable bonds is 6. The summed E-state index contributed by atoms with van der Waals surface area (Å²) in [6, 6.07) is 7.94. The van der Waals surface area contributed by atoms with Crippen molar-refractivity contribution in [3.63, 3.8) is 0 Å². The quantitative estimate of drug-likeness (QED) is 0.604. The average Bonchev–Trinajstić information content (AvgIpc) is 2.26. The fourth-order valence-corrected chi connectivity index (χ4v) is 1.37. The maximum atomic E-state index is 5.55. The molecule has 0 heterocycles. The number of ether oxygens (including phenoxy) is 1. The van der Waals surface area contributed by atoms with Crippen molar-refractivity contribution >= 4 is 17.3 Å². The van der Waals surface area contributed by atoms with Gasteiger partial charge in [-0.25, -0.2) is 0 Å². The van der Waals surface area contributed by atoms with Gasteiger partial charge in [-0.2, -0.15) is 0 Å². The molecule has 0 spiro atoms. The van der Waals surface area contributed by atoms with E-state index in [1.54, 1.807) is 0 Å². The second kappa shape index (κ2) is 7.18. The second-order valence-corrected chi connectivity index (χ2v) is 4.01. The highest BCUT2D eigenvalue weighted by molar-refractivity contribution is 6.18. The first-order valence-electron chi connectivity index (χ1n) is 5.44. The van der Waals surface area contributed by atoms with Crippen molar-refractivity contribution in [3.05, 3.63) is 36.4 Å². The van der Waals surface area contributed by atoms with Gasteiger partial charge in [0.25, 0.3) is 0 Å². The summed E-state index contributed by atoms with van der Waals surface area (Å²) in [5, 5.41) is 3.26. The Balaban J connectivity index is 2.42. The van der Waals surface area contributed by atoms with Crippen LogP contribution in [0.4, 0.5) is 5.69 Å². The van der Waals surface area contributed by atoms with Crippen LogP contribution in [-0.4, -0.2) is 18.5 Å². The predicted molar refractivity (Wildman–Crippen MR) is 70.6 cm³/mol. The van der Waals surface area contributed by atoms with E-state index in [-0.39, 0.29) is 6.10 Å². The molecule has 0 fully saturated rings. The van der Waals surface area contributed by atoms with Crippen LogP contribution in [0.3, 0.4) is 0 Å². The fourth-order valence-electron chi connectivity index (χ4n) is 1.25. The molecule has 1 aromatic rings. The molecule has 16 heavy (non-hydrogen) atoms. The number of hydrogen-bond donors (Lipinski definition) is 1. The lowest BCUT2D eigenvalue weighted by Gasteiger charge is -2.10. The number of halogens is 1. The molecule has 0 unspecified atom stereocenters. The van der Waals surface area contributed by atoms with Gasteiger partial charge in [-0.15, -0.1) is 11.6 Å². The highest BCUT2D eigenvalue weighted by Crippen LogP contribution is 2.16. The van der Waals surface area contributed by atoms with Gasteiger partial charge in [-0.3, -0.25) is 0 Å². The normalized spacial score (nSPS) is 11.0. The molecule has 0 aliphatic heterocycles. The Morgan fingerprint density at radius 2 is 1.94 bits per heavy atom. The monoisotopic (exact) mass is 239 g/mol. The first-order valence-corrected chi connectivity index (χ1v) is 5.97. The molecule has 1 rings (SSSR count). The summed E-state index contributed by atoms with van der Waals surface area (Å²) < 4.78 is 5.55. The lowest BCUT2D eigenvalue weighted by Crippen LogP contribution is -2.05. The number of hydrogen-bond acceptors (Lipinski definition) is 2. The summed E-state index contributed by atoms with van der Waals surface area (Å²) in [6.07, 6.45) is 4.14. The summed E-state index contributed by atoms with van der Waals surface area (Å²) >= 11 is 5.52. The van der Waals surface area contributed by atoms with Crippen LogP contribution in [0.1, 0.15) is 13.8 Å². The topological polar surface area (TPSA) is 21.3 Å². The second-order valence-electron chi connectivity index (χ2n) is 3.70. The number of nitrogens with one attached hydrogen (secondary N) is 1. The zero-order valence-corrected chi connectivity index (χ0v) is 10.5. The Bertz CT molecular complexity index is 319. The molecule has 0 radical (unpaired) electrons. The molecule has 0 amide bonds. The van der Waals surface area contributed by atoms with Crippen molar-refractivity contribution < 1.29 is 4.74 Å². The molecule has 3 heteroatoms. The zero-order chi connectivity index (χ0) is 11.8. The van der Waals surface area contributed by atoms with Gasteiger partial charge in [0.1, 0.15) is 5.75 Å². The summed E-state index contributed by atoms with van der Waals surface area (Å²) in [4.78, 5) is 0. The largest absolute Gasteiger partial charge is 0.491 e. The molecule has 0 saturated carbocycles. The van der Waals surface area contributed by atoms with E-state index >= 15 is 0 Å². The van der Waals surface area contributed by atoms with Crippen LogP contribution in [0.25, 0.3) is 0 Å². The van der Waals surface area contributed by atoms with Gasteiger partial charge in [-0.1, -0.05) is 12.2 Å². The van der Waals surface area contributed by atoms with Gasteiger partial charge >= 0.3 is 0 Å². The highest BCUT2D eigenvalue weighted by Gasteiger charge is 1.96. The van der Waals surface area contributed by atoms with Crippen LogP contribution in [0, 0.1) is 0 Å². The molecule has 0 aliphatic rings. The number of anilines is 1. The van der Waals surface area contributed by atoms with E-state index in [0.717, 1.165) is 18.0 Å². The lowest BCUT2D eigenvalue weighted by atomic mass is 10.3. The Morgan fingerprint density at radius 1 is 1.25 bits per heavy atom. The van der Waals surface area contributed by atoms with Crippen LogP contribution in [-0.2, 0) is 0 Å². The standard InChI is InChI=1S/C13H18ClNO/c1-11(2)16-13-7-5-12(6-8-13)15-10-4-3-9-14/h3-8,11,15H,9-10H2,1-2H3/b4-3+. The zero-order valence-electron chi connectivity index (χ0n) is 9.74. The molecule has 1 N–H and O–H groups in total. The molecule has 1 aromatic carbocycles. The molecular weight excluding hydrogens is 222 g/mol. The van der Waals surface area contributed by atoms with Crippen LogP contribution < -0.4 is 10.1 Å². The van der Waals surface area contributed by atoms with Crippen molar-refractivity contribution in [3.8, 4) is 5.75 Å². The maximum absolute atomic E-state index is 5.55. The average molecular weight is 240 g/mol. The van der Waals surface area contributed by atoms with Crippen molar-refractivity contribution in [1.29, 1.82) is 0 Å². The van der Waals surface area contributed by atoms with Crippen LogP contribution in [0.2, 0.25) is 0 Å². The smallest absolute Gasteiger partial charge is 0.119 e. The van der Waals surface area contributed by atoms with Gasteiger partial charge in [0.05, 0.1) is 6.10 Å². The van der Waals surface area contributed by atoms with Crippen molar-refractivity contribution in [2.75, 3.05) is 17.7 Å². The third kappa shape index (κ3) is 5.08. The van der Waals surface area contributed by atoms with Gasteiger partial charge < -0.3 is 10.1 Å². The van der Waals surface area contributed by atoms with E-state index in [0.29, 0.717) is 5.88 Å². The van der Waals surface area contributed by atoms with E-state index in [1.165, 1.54) is 0 Å². The molecular formula is C13H18ClNO. The van der Waals surface area contributed by atoms with E-state index in [9.17, 15) is 0 Å². The lowest BCUT2D eigenvalue weighted by molar-refractivity contribution is 0.242. The van der Waals surface area contributed by atoms with E-state index in [2.05, 4.69) is 5.32 Å². The molecule has 2 nitrogen and oxygen atoms in total. The van der Waals surface area contributed by atoms with E-state index in [1.807, 2.05) is 50.3 Å². The summed E-state index contributed by atoms with van der Waals surface area (Å²) in [7, 11) is 0. The number of allylic oxidation sites excluding steroid dienone is 1. The molecule has 88 valence electrons. The van der Waals surface area contributed by atoms with Crippen LogP contribution >= 0.6 is 11.6 Å². The third-order valence-corrected chi connectivity index (χ3v) is 2.08. The van der Waals surface area contributed by atoms with Gasteiger partial charge in [0, 0.05) is 18.1 Å². The minimum absolute atomic E-state index is 0.213. The molecule has 0 aliphatic carbocycles. The molecule has 0 bridgehead atoms. The Kier molecular flexibility index (Phi) is 5.79. The Morgan fingerprint density at radius 3 is 2.50 bits per heavy atom. The van der Waals surface area contributed by atoms with Gasteiger partial charge in [-0.05, 0) is 38.1 Å². The Hall–Kier alpha value is -1.15. The third-order valence-electron chi connectivity index (χ3n) is 1.91. The van der Waals surface area contributed by atoms with Gasteiger partial charge in [0.2, 0.25) is 0 Å². The van der Waals surface area contributed by atoms with Crippen molar-refractivity contribution in [2.45, 2.75) is 20.0 Å². The van der Waals surface area contributed by atoms with Gasteiger partial charge in [0.15, 0.2) is 0 Å². The first-order chi connectivity index (χ1) is 7.72. The first kappa shape index (κ1) is 12.9. The highest BCUT2D eigenvalue weighted by atomic mass is 35.5. The van der Waals surface area contributed by atoms with E-state index in [4.69, 9.17) is 16.3 Å². The predicted octanol–water partition coefficient (Wildman–Crippen LogP) is 3.68.